The highest BCUT2D eigenvalue weighted by atomic mass is 14.9. The summed E-state index contributed by atoms with van der Waals surface area (Å²) in [7, 11) is 0. The Kier molecular flexibility index (Phi) is 3.86. The lowest BCUT2D eigenvalue weighted by atomic mass is 9.98. The summed E-state index contributed by atoms with van der Waals surface area (Å²) in [5.74, 6) is 2.07. The minimum absolute atomic E-state index is 0.854. The summed E-state index contributed by atoms with van der Waals surface area (Å²) in [6.07, 6.45) is 11.6. The van der Waals surface area contributed by atoms with Crippen LogP contribution in [0.4, 0.5) is 0 Å². The Morgan fingerprint density at radius 3 is 2.43 bits per heavy atom. The maximum atomic E-state index is 3.77. The molecular weight excluding hydrogens is 170 g/mol. The molecule has 2 saturated carbocycles. The second-order valence-corrected chi connectivity index (χ2v) is 5.33. The fraction of sp³-hybridized carbons (Fsp3) is 1.00. The van der Waals surface area contributed by atoms with Gasteiger partial charge in [0.2, 0.25) is 0 Å². The summed E-state index contributed by atoms with van der Waals surface area (Å²) in [5.41, 5.74) is 0. The van der Waals surface area contributed by atoms with Crippen molar-refractivity contribution in [2.24, 2.45) is 11.8 Å². The molecule has 1 heteroatoms. The molecule has 0 aromatic heterocycles. The highest BCUT2D eigenvalue weighted by Gasteiger charge is 2.23. The van der Waals surface area contributed by atoms with Crippen LogP contribution in [0.5, 0.6) is 0 Å². The highest BCUT2D eigenvalue weighted by Crippen LogP contribution is 2.29. The monoisotopic (exact) mass is 195 g/mol. The third-order valence-corrected chi connectivity index (χ3v) is 4.06. The Labute approximate surface area is 88.7 Å². The van der Waals surface area contributed by atoms with E-state index in [9.17, 15) is 0 Å². The van der Waals surface area contributed by atoms with Gasteiger partial charge in [-0.2, -0.15) is 0 Å². The Morgan fingerprint density at radius 1 is 0.929 bits per heavy atom. The van der Waals surface area contributed by atoms with Crippen LogP contribution in [0.2, 0.25) is 0 Å². The number of hydrogen-bond donors (Lipinski definition) is 1. The van der Waals surface area contributed by atoms with Gasteiger partial charge < -0.3 is 5.32 Å². The highest BCUT2D eigenvalue weighted by molar-refractivity contribution is 4.80. The van der Waals surface area contributed by atoms with Crippen LogP contribution in [0.25, 0.3) is 0 Å². The predicted molar refractivity (Wildman–Crippen MR) is 61.4 cm³/mol. The van der Waals surface area contributed by atoms with Gasteiger partial charge in [0.05, 0.1) is 0 Å². The van der Waals surface area contributed by atoms with Crippen molar-refractivity contribution in [3.63, 3.8) is 0 Å². The van der Waals surface area contributed by atoms with Crippen molar-refractivity contribution in [3.8, 4) is 0 Å². The first kappa shape index (κ1) is 10.5. The van der Waals surface area contributed by atoms with Gasteiger partial charge in [-0.3, -0.25) is 0 Å². The molecule has 0 aromatic carbocycles. The van der Waals surface area contributed by atoms with Crippen LogP contribution in [0.1, 0.15) is 58.3 Å². The van der Waals surface area contributed by atoms with Crippen molar-refractivity contribution in [2.45, 2.75) is 64.3 Å². The number of nitrogens with one attached hydrogen (secondary N) is 1. The summed E-state index contributed by atoms with van der Waals surface area (Å²) >= 11 is 0. The van der Waals surface area contributed by atoms with Crippen LogP contribution in [-0.2, 0) is 0 Å². The molecule has 0 aliphatic heterocycles. The smallest absolute Gasteiger partial charge is 0.00672 e. The van der Waals surface area contributed by atoms with Gasteiger partial charge in [0.25, 0.3) is 0 Å². The average molecular weight is 195 g/mol. The van der Waals surface area contributed by atoms with E-state index in [1.807, 2.05) is 0 Å². The average Bonchev–Trinajstić information content (AvgIpc) is 3.02. The lowest BCUT2D eigenvalue weighted by Crippen LogP contribution is -2.30. The van der Waals surface area contributed by atoms with E-state index < -0.39 is 0 Å². The standard InChI is InChI=1S/C13H25N/c1-2-11-4-3-5-13(9-8-11)14-10-12-6-7-12/h11-14H,2-10H2,1H3. The molecule has 2 aliphatic rings. The van der Waals surface area contributed by atoms with Crippen LogP contribution >= 0.6 is 0 Å². The Hall–Kier alpha value is -0.0400. The normalized spacial score (nSPS) is 34.1. The molecule has 0 aromatic rings. The van der Waals surface area contributed by atoms with E-state index in [1.54, 1.807) is 0 Å². The Balaban J connectivity index is 1.65. The lowest BCUT2D eigenvalue weighted by molar-refractivity contribution is 0.422. The molecule has 2 atom stereocenters. The molecule has 2 unspecified atom stereocenters. The molecule has 1 nitrogen and oxygen atoms in total. The van der Waals surface area contributed by atoms with Gasteiger partial charge in [-0.05, 0) is 50.5 Å². The zero-order chi connectivity index (χ0) is 9.80. The summed E-state index contributed by atoms with van der Waals surface area (Å²) in [4.78, 5) is 0. The van der Waals surface area contributed by atoms with Gasteiger partial charge in [0.15, 0.2) is 0 Å². The van der Waals surface area contributed by atoms with Gasteiger partial charge in [-0.1, -0.05) is 26.2 Å². The van der Waals surface area contributed by atoms with E-state index in [1.165, 1.54) is 57.9 Å². The topological polar surface area (TPSA) is 12.0 Å². The number of rotatable bonds is 4. The van der Waals surface area contributed by atoms with Crippen LogP contribution in [0.3, 0.4) is 0 Å². The lowest BCUT2D eigenvalue weighted by Gasteiger charge is -2.16. The van der Waals surface area contributed by atoms with Gasteiger partial charge in [-0.15, -0.1) is 0 Å². The van der Waals surface area contributed by atoms with Gasteiger partial charge >= 0.3 is 0 Å². The summed E-state index contributed by atoms with van der Waals surface area (Å²) in [5, 5.41) is 3.77. The van der Waals surface area contributed by atoms with Crippen LogP contribution in [-0.4, -0.2) is 12.6 Å². The Morgan fingerprint density at radius 2 is 1.71 bits per heavy atom. The molecule has 2 fully saturated rings. The minimum atomic E-state index is 0.854. The molecule has 0 radical (unpaired) electrons. The van der Waals surface area contributed by atoms with Crippen molar-refractivity contribution in [1.29, 1.82) is 0 Å². The first-order valence-corrected chi connectivity index (χ1v) is 6.62. The molecule has 1 N–H and O–H groups in total. The van der Waals surface area contributed by atoms with E-state index in [2.05, 4.69) is 12.2 Å². The molecule has 0 heterocycles. The first-order valence-electron chi connectivity index (χ1n) is 6.62. The summed E-state index contributed by atoms with van der Waals surface area (Å²) in [6, 6.07) is 0.854. The van der Waals surface area contributed by atoms with E-state index in [0.717, 1.165) is 17.9 Å². The molecule has 0 spiro atoms. The van der Waals surface area contributed by atoms with E-state index in [4.69, 9.17) is 0 Å². The molecule has 0 bridgehead atoms. The molecule has 14 heavy (non-hydrogen) atoms. The fourth-order valence-electron chi connectivity index (χ4n) is 2.65. The molecule has 0 amide bonds. The van der Waals surface area contributed by atoms with E-state index in [-0.39, 0.29) is 0 Å². The minimum Gasteiger partial charge on any atom is -0.314 e. The largest absolute Gasteiger partial charge is 0.314 e. The van der Waals surface area contributed by atoms with Crippen molar-refractivity contribution in [3.05, 3.63) is 0 Å². The van der Waals surface area contributed by atoms with Gasteiger partial charge in [0.1, 0.15) is 0 Å². The van der Waals surface area contributed by atoms with Crippen molar-refractivity contribution in [1.82, 2.24) is 5.32 Å². The van der Waals surface area contributed by atoms with Crippen molar-refractivity contribution < 1.29 is 0 Å². The molecule has 82 valence electrons. The number of hydrogen-bond acceptors (Lipinski definition) is 1. The summed E-state index contributed by atoms with van der Waals surface area (Å²) < 4.78 is 0. The second-order valence-electron chi connectivity index (χ2n) is 5.33. The van der Waals surface area contributed by atoms with E-state index in [0.29, 0.717) is 0 Å². The fourth-order valence-corrected chi connectivity index (χ4v) is 2.65. The maximum absolute atomic E-state index is 3.77. The van der Waals surface area contributed by atoms with Crippen molar-refractivity contribution >= 4 is 0 Å². The third-order valence-electron chi connectivity index (χ3n) is 4.06. The van der Waals surface area contributed by atoms with Crippen LogP contribution in [0.15, 0.2) is 0 Å². The van der Waals surface area contributed by atoms with Crippen molar-refractivity contribution in [2.75, 3.05) is 6.54 Å². The maximum Gasteiger partial charge on any atom is 0.00672 e. The molecular formula is C13H25N. The van der Waals surface area contributed by atoms with Crippen LogP contribution in [0, 0.1) is 11.8 Å². The van der Waals surface area contributed by atoms with Gasteiger partial charge in [-0.25, -0.2) is 0 Å². The molecule has 2 rings (SSSR count). The second kappa shape index (κ2) is 5.16. The molecule has 2 aliphatic carbocycles. The Bertz CT molecular complexity index is 163. The quantitative estimate of drug-likeness (QED) is 0.678. The van der Waals surface area contributed by atoms with E-state index >= 15 is 0 Å². The zero-order valence-corrected chi connectivity index (χ0v) is 9.60. The third kappa shape index (κ3) is 3.27. The van der Waals surface area contributed by atoms with Crippen LogP contribution < -0.4 is 5.32 Å². The van der Waals surface area contributed by atoms with Gasteiger partial charge in [0, 0.05) is 6.04 Å². The summed E-state index contributed by atoms with van der Waals surface area (Å²) in [6.45, 7) is 3.66. The first-order chi connectivity index (χ1) is 6.88. The molecule has 0 saturated heterocycles. The SMILES string of the molecule is CCC1CCCC(NCC2CC2)CC1. The predicted octanol–water partition coefficient (Wildman–Crippen LogP) is 3.34. The zero-order valence-electron chi connectivity index (χ0n) is 9.60.